The first-order valence-electron chi connectivity index (χ1n) is 44.1. The molecule has 0 saturated carbocycles. The Morgan fingerprint density at radius 3 is 1.38 bits per heavy atom. The Morgan fingerprint density at radius 1 is 0.600 bits per heavy atom. The van der Waals surface area contributed by atoms with E-state index in [-0.39, 0.29) is 11.0 Å². The van der Waals surface area contributed by atoms with Crippen LogP contribution in [-0.2, 0) is 32.7 Å². The molecule has 0 aliphatic carbocycles. The van der Waals surface area contributed by atoms with Crippen molar-refractivity contribution in [2.75, 3.05) is 47.5 Å². The summed E-state index contributed by atoms with van der Waals surface area (Å²) in [5.74, 6) is -6.16. The molecule has 0 bridgehead atoms. The van der Waals surface area contributed by atoms with E-state index in [0.29, 0.717) is 0 Å². The first-order valence-corrected chi connectivity index (χ1v) is 14.6. The molecule has 9 nitrogen and oxygen atoms in total. The maximum atomic E-state index is 14.0. The number of hydrogen-bond acceptors (Lipinski definition) is 7. The summed E-state index contributed by atoms with van der Waals surface area (Å²) in [4.78, 5) is 38.2. The molecule has 2 atom stereocenters. The van der Waals surface area contributed by atoms with E-state index in [2.05, 4.69) is 14.0 Å². The van der Waals surface area contributed by atoms with E-state index in [1.807, 2.05) is 0 Å². The van der Waals surface area contributed by atoms with Crippen LogP contribution < -0.4 is 0 Å². The lowest BCUT2D eigenvalue weighted by molar-refractivity contribution is -0.870. The van der Waals surface area contributed by atoms with Crippen LogP contribution in [0.15, 0.2) is 0 Å². The molecule has 0 amide bonds. The van der Waals surface area contributed by atoms with Gasteiger partial charge < -0.3 is 18.9 Å². The molecule has 0 rings (SSSR count). The van der Waals surface area contributed by atoms with Gasteiger partial charge in [-0.3, -0.25) is 18.6 Å². The second-order valence-corrected chi connectivity index (χ2v) is 10.2. The summed E-state index contributed by atoms with van der Waals surface area (Å²) in [7, 11) is -1.28. The molecule has 0 spiro atoms. The van der Waals surface area contributed by atoms with E-state index >= 15 is 0 Å². The van der Waals surface area contributed by atoms with Crippen LogP contribution in [-0.4, -0.2) is 74.9 Å². The van der Waals surface area contributed by atoms with E-state index in [1.54, 1.807) is 0 Å². The number of rotatable bonds is 38. The third-order valence-corrected chi connectivity index (χ3v) is 4.93. The fourth-order valence-corrected chi connectivity index (χ4v) is 2.74. The zero-order chi connectivity index (χ0) is 92.4. The summed E-state index contributed by atoms with van der Waals surface area (Å²) in [5.41, 5.74) is 0. The van der Waals surface area contributed by atoms with Gasteiger partial charge in [0.1, 0.15) is 19.8 Å². The number of hydrogen-bond donors (Lipinski definition) is 1. The zero-order valence-electron chi connectivity index (χ0n) is 88.6. The van der Waals surface area contributed by atoms with Crippen LogP contribution in [0, 0.1) is 0 Å². The fourth-order valence-electron chi connectivity index (χ4n) is 2.00. The number of nitrogens with zero attached hydrogens (tertiary/aromatic N) is 1. The maximum absolute atomic E-state index is 14.0. The van der Waals surface area contributed by atoms with Gasteiger partial charge in [-0.15, -0.1) is 0 Å². The SMILES string of the molecule is [2H]C([2H])([2H])C([2H])([2H])C([2H])([2H])C([2H])([2H])C([2H])([2H])C([2H])([2H])C([2H])([2H])C([2H])([2H])C([2H])([2H])C([2H])([2H])C([2H])([2H])C([2H])([2H])C([2H])([2H])C([2H])([2H])C([2H])([2H])C(=O)OC[C@H](COP(=O)(O)OCC[N+](C)(C)C)OC(=O)C([2H])([2H])C([2H])([2H])C([2H])([2H])C([2H])([2H])C([2H])([2H])C([2H])([2H])C([2H])([2H])C([2H])([2H])C([2H])([2H])C([2H])([2H])C([2H])([2H])C([2H])([2H])C([2H])([2H])C([2H])([2H])C([2H])([2H])[2H]. The average molecular weight is 797 g/mol. The van der Waals surface area contributed by atoms with Crippen LogP contribution >= 0.6 is 7.82 Å². The monoisotopic (exact) mass is 797 g/mol. The molecule has 0 aromatic carbocycles. The first-order chi connectivity index (χ1) is 47.3. The topological polar surface area (TPSA) is 108 Å². The minimum atomic E-state index is -5.70. The first kappa shape index (κ1) is 9.33. The highest BCUT2D eigenvalue weighted by molar-refractivity contribution is 7.47. The number of carbonyl (C=O) groups is 2. The third-order valence-electron chi connectivity index (χ3n) is 3.94. The fraction of sp³-hybridized carbons (Fsp3) is 0.950. The van der Waals surface area contributed by atoms with Crippen molar-refractivity contribution in [2.24, 2.45) is 0 Å². The molecule has 298 valence electrons. The van der Waals surface area contributed by atoms with E-state index in [0.717, 1.165) is 0 Å². The minimum absolute atomic E-state index is 0.0674. The Kier molecular flexibility index (Phi) is 6.31. The van der Waals surface area contributed by atoms with Gasteiger partial charge in [0, 0.05) is 97.7 Å². The van der Waals surface area contributed by atoms with Crippen LogP contribution in [0.5, 0.6) is 0 Å². The van der Waals surface area contributed by atoms with Crippen LogP contribution in [0.3, 0.4) is 0 Å². The smallest absolute Gasteiger partial charge is 0.462 e. The van der Waals surface area contributed by atoms with Crippen molar-refractivity contribution in [3.63, 3.8) is 0 Å². The molecule has 0 heterocycles. The molecule has 0 radical (unpaired) electrons. The van der Waals surface area contributed by atoms with E-state index in [1.165, 1.54) is 21.1 Å². The summed E-state index contributed by atoms with van der Waals surface area (Å²) in [6.07, 6.45) is -151. The van der Waals surface area contributed by atoms with E-state index in [4.69, 9.17) is 89.5 Å². The highest BCUT2D eigenvalue weighted by atomic mass is 31.2. The minimum Gasteiger partial charge on any atom is -0.462 e. The molecule has 0 aromatic heterocycles. The Hall–Kier alpha value is -0.990. The van der Waals surface area contributed by atoms with Gasteiger partial charge in [0.2, 0.25) is 0 Å². The molecule has 10 heteroatoms. The Morgan fingerprint density at radius 2 is 0.980 bits per heavy atom. The summed E-state index contributed by atoms with van der Waals surface area (Å²) in [5, 5.41) is 0. The lowest BCUT2D eigenvalue weighted by Crippen LogP contribution is -2.37. The summed E-state index contributed by atoms with van der Waals surface area (Å²) in [6.45, 7) is -13.8. The number of likely N-dealkylation sites (N-methyl/N-ethyl adjacent to an activating group) is 1. The lowest BCUT2D eigenvalue weighted by atomic mass is 10.0. The van der Waals surface area contributed by atoms with Crippen LogP contribution in [0.1, 0.15) is 277 Å². The molecule has 0 aliphatic heterocycles. The van der Waals surface area contributed by atoms with Crippen LogP contribution in [0.2, 0.25) is 0 Å². The molecular weight excluding hydrogens is 653 g/mol. The van der Waals surface area contributed by atoms with Gasteiger partial charge in [0.05, 0.1) is 27.7 Å². The number of phosphoric ester groups is 1. The van der Waals surface area contributed by atoms with Gasteiger partial charge in [0.15, 0.2) is 6.10 Å². The number of quaternary nitrogens is 1. The maximum Gasteiger partial charge on any atom is 0.472 e. The lowest BCUT2D eigenvalue weighted by Gasteiger charge is -2.24. The number of esters is 2. The van der Waals surface area contributed by atoms with Gasteiger partial charge in [-0.2, -0.15) is 0 Å². The van der Waals surface area contributed by atoms with Crippen LogP contribution in [0.25, 0.3) is 0 Å². The second kappa shape index (κ2) is 33.8. The third kappa shape index (κ3) is 36.8. The Bertz CT molecular complexity index is 3410. The number of phosphoric acid groups is 1. The molecule has 0 saturated heterocycles. The summed E-state index contributed by atoms with van der Waals surface area (Å²) in [6, 6.07) is 0. The number of ether oxygens (including phenoxy) is 2. The van der Waals surface area contributed by atoms with Crippen LogP contribution in [0.4, 0.5) is 0 Å². The molecular formula is C40H81NO8P+. The average Bonchev–Trinajstić information content (AvgIpc) is 0.684. The van der Waals surface area contributed by atoms with Gasteiger partial charge in [-0.05, 0) is 12.7 Å². The largest absolute Gasteiger partial charge is 0.472 e. The molecule has 50 heavy (non-hydrogen) atoms. The summed E-state index contributed by atoms with van der Waals surface area (Å²) < 4.78 is 541. The van der Waals surface area contributed by atoms with Crippen molar-refractivity contribution < 1.29 is 127 Å². The molecule has 0 aromatic rings. The Labute approximate surface area is 395 Å². The van der Waals surface area contributed by atoms with Gasteiger partial charge in [-0.25, -0.2) is 4.57 Å². The van der Waals surface area contributed by atoms with Crippen molar-refractivity contribution >= 4 is 19.8 Å². The van der Waals surface area contributed by atoms with Crippen molar-refractivity contribution in [1.29, 1.82) is 0 Å². The predicted molar refractivity (Wildman–Crippen MR) is 206 cm³/mol. The highest BCUT2D eigenvalue weighted by Crippen LogP contribution is 2.43. The predicted octanol–water partition coefficient (Wildman–Crippen LogP) is 11.2. The zero-order valence-corrected chi connectivity index (χ0v) is 27.5. The molecule has 0 aliphatic rings. The second-order valence-electron chi connectivity index (χ2n) is 8.74. The molecule has 0 fully saturated rings. The quantitative estimate of drug-likeness (QED) is 0.0374. The van der Waals surface area contributed by atoms with Crippen molar-refractivity contribution in [2.45, 2.75) is 198 Å². The molecule has 1 unspecified atom stereocenters. The normalized spacial score (nSPS) is 40.6. The standard InChI is InChI=1S/C40H80NO8P/c1-6-8-10-12-14-16-18-20-22-24-26-28-30-32-39(42)46-36-38(37-48-50(44,45)47-35-34-41(3,4)5)49-40(43)33-31-29-27-25-23-21-19-17-15-13-11-9-7-2/h38H,6-37H2,1-5H3/p+1/t38-/m1/s1/i1D3,2D3,6D2,7D2,8D2,9D2,10D2,11D2,12D2,13D2,14D2,15D2,16D2,17D2,18D2,19D2,20D2,21D2,22D2,23D2,24D2,25D2,26D2,27D2,28D2,29D2,30D2,31D2,32D2,33D2. The van der Waals surface area contributed by atoms with E-state index in [9.17, 15) is 19.0 Å². The highest BCUT2D eigenvalue weighted by Gasteiger charge is 2.27. The molecule has 1 N–H and O–H groups in total. The summed E-state index contributed by atoms with van der Waals surface area (Å²) >= 11 is 0. The van der Waals surface area contributed by atoms with Gasteiger partial charge in [0.25, 0.3) is 0 Å². The van der Waals surface area contributed by atoms with E-state index < -0.39 is 238 Å². The van der Waals surface area contributed by atoms with Crippen molar-refractivity contribution in [3.05, 3.63) is 0 Å². The van der Waals surface area contributed by atoms with Gasteiger partial charge in [-0.1, -0.05) is 167 Å². The number of carbonyl (C=O) groups excluding carboxylic acids is 2. The van der Waals surface area contributed by atoms with Crippen molar-refractivity contribution in [1.82, 2.24) is 0 Å². The van der Waals surface area contributed by atoms with Gasteiger partial charge >= 0.3 is 19.8 Å². The Balaban J connectivity index is 8.27. The van der Waals surface area contributed by atoms with Crippen molar-refractivity contribution in [3.8, 4) is 0 Å².